The summed E-state index contributed by atoms with van der Waals surface area (Å²) in [7, 11) is 0. The summed E-state index contributed by atoms with van der Waals surface area (Å²) in [5, 5.41) is 0. The Labute approximate surface area is 126 Å². The van der Waals surface area contributed by atoms with E-state index < -0.39 is 0 Å². The maximum Gasteiger partial charge on any atom is 0.123 e. The monoisotopic (exact) mass is 282 g/mol. The Kier molecular flexibility index (Phi) is 4.53. The third-order valence-electron chi connectivity index (χ3n) is 4.08. The largest absolute Gasteiger partial charge is 0.492 e. The molecule has 0 saturated carbocycles. The fourth-order valence-corrected chi connectivity index (χ4v) is 2.91. The van der Waals surface area contributed by atoms with Crippen LogP contribution >= 0.6 is 0 Å². The summed E-state index contributed by atoms with van der Waals surface area (Å²) in [5.41, 5.74) is 8.63. The van der Waals surface area contributed by atoms with Crippen LogP contribution in [0.5, 0.6) is 5.75 Å². The Hall–Kier alpha value is -1.84. The summed E-state index contributed by atoms with van der Waals surface area (Å²) >= 11 is 0. The molecule has 0 bridgehead atoms. The molecule has 2 aromatic carbocycles. The highest BCUT2D eigenvalue weighted by atomic mass is 16.5. The molecule has 0 saturated heterocycles. The van der Waals surface area contributed by atoms with Crippen LogP contribution in [0.15, 0.2) is 54.6 Å². The Balaban J connectivity index is 1.75. The lowest BCUT2D eigenvalue weighted by molar-refractivity contribution is 0.171. The molecule has 1 unspecified atom stereocenters. The van der Waals surface area contributed by atoms with Crippen molar-refractivity contribution in [3.05, 3.63) is 65.7 Å². The van der Waals surface area contributed by atoms with Gasteiger partial charge >= 0.3 is 0 Å². The first-order chi connectivity index (χ1) is 10.4. The molecule has 3 nitrogen and oxygen atoms in total. The number of rotatable bonds is 4. The van der Waals surface area contributed by atoms with Crippen LogP contribution in [0.3, 0.4) is 0 Å². The van der Waals surface area contributed by atoms with Crippen LogP contribution in [-0.4, -0.2) is 30.6 Å². The smallest absolute Gasteiger partial charge is 0.123 e. The minimum Gasteiger partial charge on any atom is -0.492 e. The van der Waals surface area contributed by atoms with Gasteiger partial charge in [0.2, 0.25) is 0 Å². The SMILES string of the molecule is NCC(Cc1ccccc1)N1CCOc2ccccc2C1. The van der Waals surface area contributed by atoms with Gasteiger partial charge in [-0.3, -0.25) is 4.90 Å². The second-order valence-electron chi connectivity index (χ2n) is 5.51. The van der Waals surface area contributed by atoms with E-state index >= 15 is 0 Å². The van der Waals surface area contributed by atoms with E-state index in [9.17, 15) is 0 Å². The zero-order valence-corrected chi connectivity index (χ0v) is 12.2. The number of hydrogen-bond donors (Lipinski definition) is 1. The molecule has 0 spiro atoms. The van der Waals surface area contributed by atoms with Crippen molar-refractivity contribution in [3.8, 4) is 5.75 Å². The molecule has 0 amide bonds. The van der Waals surface area contributed by atoms with E-state index in [1.54, 1.807) is 0 Å². The topological polar surface area (TPSA) is 38.5 Å². The van der Waals surface area contributed by atoms with Crippen LogP contribution in [0, 0.1) is 0 Å². The van der Waals surface area contributed by atoms with Crippen molar-refractivity contribution >= 4 is 0 Å². The second-order valence-corrected chi connectivity index (χ2v) is 5.51. The summed E-state index contributed by atoms with van der Waals surface area (Å²) in [4.78, 5) is 2.44. The van der Waals surface area contributed by atoms with E-state index in [1.807, 2.05) is 12.1 Å². The van der Waals surface area contributed by atoms with Crippen molar-refractivity contribution in [2.45, 2.75) is 19.0 Å². The summed E-state index contributed by atoms with van der Waals surface area (Å²) < 4.78 is 5.84. The molecule has 2 aromatic rings. The Bertz CT molecular complexity index is 570. The van der Waals surface area contributed by atoms with Gasteiger partial charge in [-0.25, -0.2) is 0 Å². The zero-order valence-electron chi connectivity index (χ0n) is 12.2. The maximum absolute atomic E-state index is 6.04. The molecule has 1 aliphatic heterocycles. The molecule has 2 N–H and O–H groups in total. The maximum atomic E-state index is 6.04. The molecule has 0 aromatic heterocycles. The molecule has 1 heterocycles. The number of para-hydroxylation sites is 1. The van der Waals surface area contributed by atoms with Gasteiger partial charge in [-0.1, -0.05) is 48.5 Å². The van der Waals surface area contributed by atoms with Crippen molar-refractivity contribution in [2.75, 3.05) is 19.7 Å². The molecule has 1 aliphatic rings. The third-order valence-corrected chi connectivity index (χ3v) is 4.08. The highest BCUT2D eigenvalue weighted by Crippen LogP contribution is 2.24. The third kappa shape index (κ3) is 3.43. The lowest BCUT2D eigenvalue weighted by Gasteiger charge is -2.29. The Morgan fingerprint density at radius 1 is 1.05 bits per heavy atom. The highest BCUT2D eigenvalue weighted by Gasteiger charge is 2.21. The van der Waals surface area contributed by atoms with Crippen LogP contribution in [0.4, 0.5) is 0 Å². The van der Waals surface area contributed by atoms with Crippen molar-refractivity contribution in [2.24, 2.45) is 5.73 Å². The molecule has 0 aliphatic carbocycles. The summed E-state index contributed by atoms with van der Waals surface area (Å²) in [5.74, 6) is 1.01. The fourth-order valence-electron chi connectivity index (χ4n) is 2.91. The van der Waals surface area contributed by atoms with Crippen molar-refractivity contribution in [3.63, 3.8) is 0 Å². The average Bonchev–Trinajstić information content (AvgIpc) is 2.76. The number of nitrogens with two attached hydrogens (primary N) is 1. The van der Waals surface area contributed by atoms with E-state index in [-0.39, 0.29) is 0 Å². The van der Waals surface area contributed by atoms with Gasteiger partial charge in [-0.05, 0) is 18.1 Å². The second kappa shape index (κ2) is 6.74. The van der Waals surface area contributed by atoms with Gasteiger partial charge < -0.3 is 10.5 Å². The lowest BCUT2D eigenvalue weighted by atomic mass is 10.0. The first-order valence-electron chi connectivity index (χ1n) is 7.55. The van der Waals surface area contributed by atoms with Gasteiger partial charge in [0.25, 0.3) is 0 Å². The molecule has 3 rings (SSSR count). The Morgan fingerprint density at radius 3 is 2.62 bits per heavy atom. The minimum atomic E-state index is 0.349. The molecular weight excluding hydrogens is 260 g/mol. The summed E-state index contributed by atoms with van der Waals surface area (Å²) in [6.45, 7) is 3.22. The normalized spacial score (nSPS) is 16.6. The molecule has 1 atom stereocenters. The molecule has 0 fully saturated rings. The van der Waals surface area contributed by atoms with Crippen molar-refractivity contribution in [1.29, 1.82) is 0 Å². The van der Waals surface area contributed by atoms with Crippen LogP contribution in [0.1, 0.15) is 11.1 Å². The van der Waals surface area contributed by atoms with Crippen LogP contribution in [-0.2, 0) is 13.0 Å². The quantitative estimate of drug-likeness (QED) is 0.936. The van der Waals surface area contributed by atoms with Crippen LogP contribution < -0.4 is 10.5 Å². The summed E-state index contributed by atoms with van der Waals surface area (Å²) in [6.07, 6.45) is 0.986. The van der Waals surface area contributed by atoms with Gasteiger partial charge in [0.15, 0.2) is 0 Å². The number of fused-ring (bicyclic) bond motifs is 1. The molecule has 110 valence electrons. The molecule has 0 radical (unpaired) electrons. The van der Waals surface area contributed by atoms with Gasteiger partial charge in [0, 0.05) is 31.2 Å². The van der Waals surface area contributed by atoms with Crippen molar-refractivity contribution in [1.82, 2.24) is 4.90 Å². The zero-order chi connectivity index (χ0) is 14.5. The summed E-state index contributed by atoms with van der Waals surface area (Å²) in [6, 6.07) is 19.2. The highest BCUT2D eigenvalue weighted by molar-refractivity contribution is 5.34. The van der Waals surface area contributed by atoms with E-state index in [1.165, 1.54) is 11.1 Å². The van der Waals surface area contributed by atoms with Gasteiger partial charge in [0.1, 0.15) is 12.4 Å². The van der Waals surface area contributed by atoms with E-state index in [0.29, 0.717) is 12.6 Å². The standard InChI is InChI=1S/C18H22N2O/c19-13-17(12-15-6-2-1-3-7-15)20-10-11-21-18-9-5-4-8-16(18)14-20/h1-9,17H,10-14,19H2. The number of hydrogen-bond acceptors (Lipinski definition) is 3. The number of benzene rings is 2. The van der Waals surface area contributed by atoms with Gasteiger partial charge in [-0.2, -0.15) is 0 Å². The Morgan fingerprint density at radius 2 is 1.81 bits per heavy atom. The van der Waals surface area contributed by atoms with E-state index in [4.69, 9.17) is 10.5 Å². The van der Waals surface area contributed by atoms with E-state index in [0.717, 1.165) is 31.9 Å². The minimum absolute atomic E-state index is 0.349. The predicted octanol–water partition coefficient (Wildman–Crippen LogP) is 2.45. The van der Waals surface area contributed by atoms with Crippen LogP contribution in [0.25, 0.3) is 0 Å². The predicted molar refractivity (Wildman–Crippen MR) is 85.3 cm³/mol. The first-order valence-corrected chi connectivity index (χ1v) is 7.55. The fraction of sp³-hybridized carbons (Fsp3) is 0.333. The molecular formula is C18H22N2O. The first kappa shape index (κ1) is 14.1. The van der Waals surface area contributed by atoms with Gasteiger partial charge in [-0.15, -0.1) is 0 Å². The molecule has 21 heavy (non-hydrogen) atoms. The van der Waals surface area contributed by atoms with Crippen molar-refractivity contribution < 1.29 is 4.74 Å². The number of ether oxygens (including phenoxy) is 1. The average molecular weight is 282 g/mol. The molecule has 3 heteroatoms. The van der Waals surface area contributed by atoms with E-state index in [2.05, 4.69) is 47.4 Å². The van der Waals surface area contributed by atoms with Gasteiger partial charge in [0.05, 0.1) is 0 Å². The van der Waals surface area contributed by atoms with Crippen LogP contribution in [0.2, 0.25) is 0 Å². The lowest BCUT2D eigenvalue weighted by Crippen LogP contribution is -2.42. The number of nitrogens with zero attached hydrogens (tertiary/aromatic N) is 1.